The van der Waals surface area contributed by atoms with E-state index >= 15 is 0 Å². The molecule has 2 aromatic heterocycles. The summed E-state index contributed by atoms with van der Waals surface area (Å²) in [5.74, 6) is 0. The van der Waals surface area contributed by atoms with Crippen molar-refractivity contribution in [2.45, 2.75) is 13.0 Å². The van der Waals surface area contributed by atoms with E-state index in [-0.39, 0.29) is 0 Å². The van der Waals surface area contributed by atoms with Crippen molar-refractivity contribution in [1.82, 2.24) is 14.8 Å². The van der Waals surface area contributed by atoms with Crippen LogP contribution in [0.3, 0.4) is 0 Å². The van der Waals surface area contributed by atoms with Crippen LogP contribution in [-0.4, -0.2) is 19.9 Å². The Morgan fingerprint density at radius 3 is 2.67 bits per heavy atom. The first kappa shape index (κ1) is 10.9. The number of pyridine rings is 1. The van der Waals surface area contributed by atoms with Crippen LogP contribution in [0.5, 0.6) is 0 Å². The van der Waals surface area contributed by atoms with Gasteiger partial charge in [0.2, 0.25) is 0 Å². The van der Waals surface area contributed by atoms with E-state index in [1.165, 1.54) is 0 Å². The van der Waals surface area contributed by atoms with Crippen molar-refractivity contribution < 1.29 is 5.11 Å². The molecule has 1 atom stereocenters. The molecule has 3 rings (SSSR count). The summed E-state index contributed by atoms with van der Waals surface area (Å²) in [6, 6.07) is 11.7. The fourth-order valence-electron chi connectivity index (χ4n) is 1.95. The molecule has 0 aliphatic heterocycles. The Balaban J connectivity index is 2.09. The molecule has 0 saturated heterocycles. The number of benzene rings is 1. The highest BCUT2D eigenvalue weighted by Crippen LogP contribution is 2.18. The first-order chi connectivity index (χ1) is 8.75. The Morgan fingerprint density at radius 1 is 1.11 bits per heavy atom. The zero-order valence-electron chi connectivity index (χ0n) is 9.99. The first-order valence-corrected chi connectivity index (χ1v) is 5.83. The highest BCUT2D eigenvalue weighted by molar-refractivity contribution is 5.79. The summed E-state index contributed by atoms with van der Waals surface area (Å²) in [6.45, 7) is 1.70. The van der Waals surface area contributed by atoms with E-state index in [0.29, 0.717) is 5.69 Å². The van der Waals surface area contributed by atoms with E-state index in [4.69, 9.17) is 0 Å². The van der Waals surface area contributed by atoms with Gasteiger partial charge in [-0.2, -0.15) is 5.10 Å². The standard InChI is InChI=1S/C14H13N3O/c1-10(18)13-7-6-12(9-15-13)17-14-5-3-2-4-11(14)8-16-17/h2-10,18H,1H3/t10-/m1/s1. The molecule has 0 amide bonds. The lowest BCUT2D eigenvalue weighted by Gasteiger charge is -2.06. The summed E-state index contributed by atoms with van der Waals surface area (Å²) in [6.07, 6.45) is 3.01. The molecule has 0 unspecified atom stereocenters. The van der Waals surface area contributed by atoms with E-state index in [1.54, 1.807) is 13.1 Å². The molecule has 1 N–H and O–H groups in total. The number of para-hydroxylation sites is 1. The molecule has 0 saturated carbocycles. The lowest BCUT2D eigenvalue weighted by Crippen LogP contribution is -2.00. The van der Waals surface area contributed by atoms with Gasteiger partial charge in [0.25, 0.3) is 0 Å². The zero-order chi connectivity index (χ0) is 12.5. The summed E-state index contributed by atoms with van der Waals surface area (Å²) < 4.78 is 1.84. The van der Waals surface area contributed by atoms with E-state index in [1.807, 2.05) is 47.3 Å². The van der Waals surface area contributed by atoms with Crippen LogP contribution >= 0.6 is 0 Å². The molecule has 3 aromatic rings. The minimum Gasteiger partial charge on any atom is -0.387 e. The molecule has 4 nitrogen and oxygen atoms in total. The Bertz CT molecular complexity index is 671. The number of hydrogen-bond donors (Lipinski definition) is 1. The first-order valence-electron chi connectivity index (χ1n) is 5.83. The third-order valence-electron chi connectivity index (χ3n) is 2.92. The summed E-state index contributed by atoms with van der Waals surface area (Å²) in [7, 11) is 0. The van der Waals surface area contributed by atoms with Crippen LogP contribution in [0.15, 0.2) is 48.8 Å². The van der Waals surface area contributed by atoms with Gasteiger partial charge < -0.3 is 5.11 Å². The number of nitrogens with zero attached hydrogens (tertiary/aromatic N) is 3. The second-order valence-electron chi connectivity index (χ2n) is 4.23. The van der Waals surface area contributed by atoms with E-state index in [2.05, 4.69) is 10.1 Å². The van der Waals surface area contributed by atoms with Crippen LogP contribution in [0.4, 0.5) is 0 Å². The topological polar surface area (TPSA) is 50.9 Å². The fraction of sp³-hybridized carbons (Fsp3) is 0.143. The lowest BCUT2D eigenvalue weighted by molar-refractivity contribution is 0.194. The number of rotatable bonds is 2. The number of hydrogen-bond acceptors (Lipinski definition) is 3. The SMILES string of the molecule is C[C@@H](O)c1ccc(-n2ncc3ccccc32)cn1. The van der Waals surface area contributed by atoms with Gasteiger partial charge in [0.1, 0.15) is 0 Å². The fourth-order valence-corrected chi connectivity index (χ4v) is 1.95. The van der Waals surface area contributed by atoms with Crippen molar-refractivity contribution >= 4 is 10.9 Å². The van der Waals surface area contributed by atoms with Crippen molar-refractivity contribution in [3.8, 4) is 5.69 Å². The maximum atomic E-state index is 9.43. The number of aliphatic hydroxyl groups excluding tert-OH is 1. The van der Waals surface area contributed by atoms with Crippen LogP contribution in [0.2, 0.25) is 0 Å². The smallest absolute Gasteiger partial charge is 0.0931 e. The van der Waals surface area contributed by atoms with Crippen LogP contribution in [-0.2, 0) is 0 Å². The molecule has 0 bridgehead atoms. The van der Waals surface area contributed by atoms with Crippen LogP contribution in [0.25, 0.3) is 16.6 Å². The predicted octanol–water partition coefficient (Wildman–Crippen LogP) is 2.47. The molecule has 1 aromatic carbocycles. The van der Waals surface area contributed by atoms with Gasteiger partial charge in [0, 0.05) is 5.39 Å². The van der Waals surface area contributed by atoms with Crippen molar-refractivity contribution in [2.24, 2.45) is 0 Å². The van der Waals surface area contributed by atoms with Crippen molar-refractivity contribution in [2.75, 3.05) is 0 Å². The second kappa shape index (κ2) is 4.23. The lowest BCUT2D eigenvalue weighted by atomic mass is 10.2. The van der Waals surface area contributed by atoms with Crippen molar-refractivity contribution in [3.63, 3.8) is 0 Å². The number of aromatic nitrogens is 3. The molecule has 0 fully saturated rings. The van der Waals surface area contributed by atoms with Gasteiger partial charge in [-0.15, -0.1) is 0 Å². The van der Waals surface area contributed by atoms with Gasteiger partial charge in [0.15, 0.2) is 0 Å². The molecule has 0 radical (unpaired) electrons. The third-order valence-corrected chi connectivity index (χ3v) is 2.92. The summed E-state index contributed by atoms with van der Waals surface area (Å²) in [5, 5.41) is 14.9. The molecule has 18 heavy (non-hydrogen) atoms. The summed E-state index contributed by atoms with van der Waals surface area (Å²) >= 11 is 0. The maximum absolute atomic E-state index is 9.43. The van der Waals surface area contributed by atoms with E-state index in [9.17, 15) is 5.11 Å². The molecular formula is C14H13N3O. The monoisotopic (exact) mass is 239 g/mol. The minimum absolute atomic E-state index is 0.548. The molecule has 0 aliphatic rings. The van der Waals surface area contributed by atoms with Crippen LogP contribution in [0.1, 0.15) is 18.7 Å². The Labute approximate surface area is 105 Å². The third kappa shape index (κ3) is 1.76. The Hall–Kier alpha value is -2.20. The van der Waals surface area contributed by atoms with Gasteiger partial charge in [-0.3, -0.25) is 4.98 Å². The largest absolute Gasteiger partial charge is 0.387 e. The Kier molecular flexibility index (Phi) is 2.57. The van der Waals surface area contributed by atoms with Gasteiger partial charge >= 0.3 is 0 Å². The average molecular weight is 239 g/mol. The molecular weight excluding hydrogens is 226 g/mol. The number of fused-ring (bicyclic) bond motifs is 1. The Morgan fingerprint density at radius 2 is 1.94 bits per heavy atom. The highest BCUT2D eigenvalue weighted by atomic mass is 16.3. The van der Waals surface area contributed by atoms with Crippen molar-refractivity contribution in [3.05, 3.63) is 54.5 Å². The quantitative estimate of drug-likeness (QED) is 0.747. The highest BCUT2D eigenvalue weighted by Gasteiger charge is 2.06. The predicted molar refractivity (Wildman–Crippen MR) is 69.5 cm³/mol. The van der Waals surface area contributed by atoms with Crippen LogP contribution in [0, 0.1) is 0 Å². The molecule has 2 heterocycles. The van der Waals surface area contributed by atoms with E-state index < -0.39 is 6.10 Å². The van der Waals surface area contributed by atoms with Crippen LogP contribution < -0.4 is 0 Å². The zero-order valence-corrected chi connectivity index (χ0v) is 9.99. The summed E-state index contributed by atoms with van der Waals surface area (Å²) in [5.41, 5.74) is 2.60. The average Bonchev–Trinajstić information content (AvgIpc) is 2.82. The minimum atomic E-state index is -0.548. The van der Waals surface area contributed by atoms with Gasteiger partial charge in [-0.05, 0) is 25.1 Å². The van der Waals surface area contributed by atoms with Crippen molar-refractivity contribution in [1.29, 1.82) is 0 Å². The normalized spacial score (nSPS) is 12.8. The van der Waals surface area contributed by atoms with Gasteiger partial charge in [0.05, 0.1) is 35.4 Å². The van der Waals surface area contributed by atoms with E-state index in [0.717, 1.165) is 16.6 Å². The maximum Gasteiger partial charge on any atom is 0.0931 e. The van der Waals surface area contributed by atoms with Gasteiger partial charge in [-0.25, -0.2) is 4.68 Å². The molecule has 90 valence electrons. The van der Waals surface area contributed by atoms with Gasteiger partial charge in [-0.1, -0.05) is 18.2 Å². The second-order valence-corrected chi connectivity index (χ2v) is 4.23. The molecule has 0 aliphatic carbocycles. The molecule has 0 spiro atoms. The molecule has 4 heteroatoms. The summed E-state index contributed by atoms with van der Waals surface area (Å²) in [4.78, 5) is 4.23. The number of aliphatic hydroxyl groups is 1.